The number of thiazole rings is 1. The minimum atomic E-state index is -1.06. The Kier molecular flexibility index (Phi) is 13.4. The van der Waals surface area contributed by atoms with Gasteiger partial charge in [-0.1, -0.05) is 45.0 Å². The first-order valence-corrected chi connectivity index (χ1v) is 15.7. The third-order valence-corrected chi connectivity index (χ3v) is 8.24. The predicted molar refractivity (Wildman–Crippen MR) is 166 cm³/mol. The number of hydrogen-bond donors (Lipinski definition) is 4. The monoisotopic (exact) mass is 648 g/mol. The normalized spacial score (nSPS) is 18.0. The smallest absolute Gasteiger partial charge is 0.329 e. The van der Waals surface area contributed by atoms with Gasteiger partial charge in [0.05, 0.1) is 54.7 Å². The van der Waals surface area contributed by atoms with Gasteiger partial charge in [-0.3, -0.25) is 14.4 Å². The van der Waals surface area contributed by atoms with Crippen LogP contribution in [-0.2, 0) is 33.4 Å². The number of β-amino-alcohol motifs (C(OH)–C–C–N with tert-alkyl or cyclic N) is 1. The third kappa shape index (κ3) is 10.9. The van der Waals surface area contributed by atoms with Crippen molar-refractivity contribution in [3.05, 3.63) is 41.0 Å². The summed E-state index contributed by atoms with van der Waals surface area (Å²) in [6, 6.07) is 5.65. The van der Waals surface area contributed by atoms with Crippen molar-refractivity contribution in [3.63, 3.8) is 0 Å². The second-order valence-corrected chi connectivity index (χ2v) is 12.8. The molecule has 0 bridgehead atoms. The lowest BCUT2D eigenvalue weighted by Gasteiger charge is -2.35. The van der Waals surface area contributed by atoms with Crippen LogP contribution < -0.4 is 10.6 Å². The maximum Gasteiger partial charge on any atom is 0.329 e. The zero-order valence-electron chi connectivity index (χ0n) is 26.4. The summed E-state index contributed by atoms with van der Waals surface area (Å²) in [5, 5.41) is 24.7. The van der Waals surface area contributed by atoms with Crippen molar-refractivity contribution in [2.24, 2.45) is 5.41 Å². The molecule has 45 heavy (non-hydrogen) atoms. The Balaban J connectivity index is 1.54. The number of aliphatic carboxylic acids is 1. The number of aliphatic hydroxyl groups excluding tert-OH is 1. The number of ether oxygens (including phenoxy) is 3. The lowest BCUT2D eigenvalue weighted by Crippen LogP contribution is -2.58. The minimum absolute atomic E-state index is 0.0271. The standard InChI is InChI=1S/C31H44N4O9S/c1-19(21-6-8-22(9-7-21)27-20(2)32-18-45-27)33-29(40)24-14-23(36)15-35(24)30(41)28(31(3,4)5)34-25(37)16-43-12-10-42-11-13-44-17-26(38)39/h6-9,18-19,23-24,28,36H,10-17H2,1-5H3,(H,33,40)(H,34,37)(H,38,39)/t19-,23+,24-,28+/m0/s1. The van der Waals surface area contributed by atoms with Gasteiger partial charge in [-0.15, -0.1) is 11.3 Å². The van der Waals surface area contributed by atoms with E-state index in [1.54, 1.807) is 37.6 Å². The molecule has 1 aliphatic rings. The molecule has 2 aromatic rings. The summed E-state index contributed by atoms with van der Waals surface area (Å²) in [4.78, 5) is 57.0. The van der Waals surface area contributed by atoms with E-state index in [0.717, 1.165) is 21.7 Å². The molecule has 0 unspecified atom stereocenters. The third-order valence-electron chi connectivity index (χ3n) is 7.26. The van der Waals surface area contributed by atoms with E-state index in [1.807, 2.05) is 38.1 Å². The molecule has 2 heterocycles. The van der Waals surface area contributed by atoms with Crippen LogP contribution in [0.3, 0.4) is 0 Å². The molecule has 3 amide bonds. The lowest BCUT2D eigenvalue weighted by molar-refractivity contribution is -0.144. The molecule has 13 nitrogen and oxygen atoms in total. The van der Waals surface area contributed by atoms with E-state index >= 15 is 0 Å². The second-order valence-electron chi connectivity index (χ2n) is 12.0. The number of carbonyl (C=O) groups excluding carboxylic acids is 3. The van der Waals surface area contributed by atoms with Gasteiger partial charge >= 0.3 is 5.97 Å². The quantitative estimate of drug-likeness (QED) is 0.197. The van der Waals surface area contributed by atoms with Crippen molar-refractivity contribution in [2.45, 2.75) is 65.3 Å². The maximum absolute atomic E-state index is 13.8. The van der Waals surface area contributed by atoms with Crippen LogP contribution in [0.15, 0.2) is 29.8 Å². The van der Waals surface area contributed by atoms with Gasteiger partial charge in [0.25, 0.3) is 0 Å². The molecule has 1 aromatic heterocycles. The second kappa shape index (κ2) is 16.8. The highest BCUT2D eigenvalue weighted by atomic mass is 32.1. The van der Waals surface area contributed by atoms with E-state index < -0.39 is 48.0 Å². The number of likely N-dealkylation sites (tertiary alicyclic amines) is 1. The summed E-state index contributed by atoms with van der Waals surface area (Å²) < 4.78 is 15.5. The van der Waals surface area contributed by atoms with Crippen LogP contribution >= 0.6 is 11.3 Å². The molecule has 1 aromatic carbocycles. The average Bonchev–Trinajstić information content (AvgIpc) is 3.59. The van der Waals surface area contributed by atoms with Gasteiger partial charge in [0.1, 0.15) is 25.3 Å². The highest BCUT2D eigenvalue weighted by molar-refractivity contribution is 7.13. The van der Waals surface area contributed by atoms with E-state index in [1.165, 1.54) is 4.90 Å². The lowest BCUT2D eigenvalue weighted by atomic mass is 9.85. The zero-order valence-corrected chi connectivity index (χ0v) is 27.2. The van der Waals surface area contributed by atoms with Gasteiger partial charge in [0, 0.05) is 13.0 Å². The summed E-state index contributed by atoms with van der Waals surface area (Å²) in [5.41, 5.74) is 4.00. The highest BCUT2D eigenvalue weighted by Crippen LogP contribution is 2.29. The highest BCUT2D eigenvalue weighted by Gasteiger charge is 2.44. The fourth-order valence-electron chi connectivity index (χ4n) is 4.88. The Labute approximate surface area is 267 Å². The molecular formula is C31H44N4O9S. The zero-order chi connectivity index (χ0) is 33.1. The first kappa shape index (κ1) is 36.0. The summed E-state index contributed by atoms with van der Waals surface area (Å²) in [7, 11) is 0. The number of carboxylic acids is 1. The molecule has 1 saturated heterocycles. The molecule has 4 atom stereocenters. The van der Waals surface area contributed by atoms with Gasteiger partial charge in [-0.2, -0.15) is 0 Å². The Bertz CT molecular complexity index is 1290. The van der Waals surface area contributed by atoms with Crippen molar-refractivity contribution in [3.8, 4) is 10.4 Å². The first-order chi connectivity index (χ1) is 21.3. The largest absolute Gasteiger partial charge is 0.480 e. The van der Waals surface area contributed by atoms with Crippen molar-refractivity contribution >= 4 is 35.0 Å². The van der Waals surface area contributed by atoms with Crippen molar-refractivity contribution < 1.29 is 43.6 Å². The molecule has 4 N–H and O–H groups in total. The summed E-state index contributed by atoms with van der Waals surface area (Å²) in [6.07, 6.45) is -0.792. The maximum atomic E-state index is 13.8. The fraction of sp³-hybridized carbons (Fsp3) is 0.581. The van der Waals surface area contributed by atoms with Crippen LogP contribution in [0.5, 0.6) is 0 Å². The molecule has 0 spiro atoms. The van der Waals surface area contributed by atoms with E-state index in [4.69, 9.17) is 19.3 Å². The number of carbonyl (C=O) groups is 4. The number of carboxylic acid groups (broad SMARTS) is 1. The molecule has 0 saturated carbocycles. The number of amides is 3. The topological polar surface area (TPSA) is 177 Å². The number of nitrogens with zero attached hydrogens (tertiary/aromatic N) is 2. The molecule has 14 heteroatoms. The Morgan fingerprint density at radius 3 is 2.22 bits per heavy atom. The summed E-state index contributed by atoms with van der Waals surface area (Å²) in [5.74, 6) is -2.43. The Hall–Kier alpha value is -3.43. The van der Waals surface area contributed by atoms with Crippen LogP contribution in [0.25, 0.3) is 10.4 Å². The number of aryl methyl sites for hydroxylation is 1. The van der Waals surface area contributed by atoms with E-state index in [0.29, 0.717) is 0 Å². The average molecular weight is 649 g/mol. The molecular weight excluding hydrogens is 604 g/mol. The number of aromatic nitrogens is 1. The molecule has 1 aliphatic heterocycles. The van der Waals surface area contributed by atoms with Crippen LogP contribution in [0.4, 0.5) is 0 Å². The van der Waals surface area contributed by atoms with Gasteiger partial charge in [-0.05, 0) is 30.4 Å². The number of benzene rings is 1. The fourth-order valence-corrected chi connectivity index (χ4v) is 5.69. The Morgan fingerprint density at radius 2 is 1.64 bits per heavy atom. The van der Waals surface area contributed by atoms with Gasteiger partial charge in [0.2, 0.25) is 17.7 Å². The SMILES string of the molecule is Cc1ncsc1-c1ccc([C@H](C)NC(=O)[C@@H]2C[C@@H](O)CN2C(=O)[C@@H](NC(=O)COCCOCCOCC(=O)O)C(C)(C)C)cc1. The number of aliphatic hydroxyl groups is 1. The number of rotatable bonds is 16. The van der Waals surface area contributed by atoms with E-state index in [-0.39, 0.29) is 57.9 Å². The predicted octanol–water partition coefficient (Wildman–Crippen LogP) is 1.92. The van der Waals surface area contributed by atoms with Gasteiger partial charge < -0.3 is 40.0 Å². The molecule has 0 aliphatic carbocycles. The molecule has 0 radical (unpaired) electrons. The van der Waals surface area contributed by atoms with Gasteiger partial charge in [0.15, 0.2) is 0 Å². The van der Waals surface area contributed by atoms with Gasteiger partial charge in [-0.25, -0.2) is 9.78 Å². The van der Waals surface area contributed by atoms with Crippen LogP contribution in [-0.4, -0.2) is 108 Å². The Morgan fingerprint density at radius 1 is 1.02 bits per heavy atom. The number of nitrogens with one attached hydrogen (secondary N) is 2. The van der Waals surface area contributed by atoms with Crippen LogP contribution in [0, 0.1) is 12.3 Å². The molecule has 1 fully saturated rings. The summed E-state index contributed by atoms with van der Waals surface area (Å²) >= 11 is 1.57. The minimum Gasteiger partial charge on any atom is -0.480 e. The van der Waals surface area contributed by atoms with Crippen molar-refractivity contribution in [1.29, 1.82) is 0 Å². The van der Waals surface area contributed by atoms with E-state index in [2.05, 4.69) is 15.6 Å². The van der Waals surface area contributed by atoms with Crippen molar-refractivity contribution in [1.82, 2.24) is 20.5 Å². The summed E-state index contributed by atoms with van der Waals surface area (Å²) in [6.45, 7) is 9.05. The number of hydrogen-bond acceptors (Lipinski definition) is 10. The molecule has 3 rings (SSSR count). The molecule has 248 valence electrons. The van der Waals surface area contributed by atoms with Crippen LogP contribution in [0.1, 0.15) is 51.4 Å². The van der Waals surface area contributed by atoms with E-state index in [9.17, 15) is 24.3 Å². The van der Waals surface area contributed by atoms with Crippen molar-refractivity contribution in [2.75, 3.05) is 46.2 Å². The first-order valence-electron chi connectivity index (χ1n) is 14.8. The van der Waals surface area contributed by atoms with Crippen LogP contribution in [0.2, 0.25) is 0 Å².